The molecule has 1 unspecified atom stereocenters. The first-order valence-corrected chi connectivity index (χ1v) is 7.84. The summed E-state index contributed by atoms with van der Waals surface area (Å²) in [4.78, 5) is 24.3. The van der Waals surface area contributed by atoms with E-state index >= 15 is 0 Å². The lowest BCUT2D eigenvalue weighted by Gasteiger charge is -2.36. The number of amides is 1. The Morgan fingerprint density at radius 1 is 1.43 bits per heavy atom. The molecule has 1 fully saturated rings. The zero-order valence-corrected chi connectivity index (χ0v) is 12.9. The zero-order chi connectivity index (χ0) is 15.3. The van der Waals surface area contributed by atoms with Gasteiger partial charge in [-0.05, 0) is 38.8 Å². The molecular weight excluding hydrogens is 266 g/mol. The van der Waals surface area contributed by atoms with Crippen LogP contribution >= 0.6 is 0 Å². The third kappa shape index (κ3) is 3.53. The number of carbonyl (C=O) groups is 1. The zero-order valence-electron chi connectivity index (χ0n) is 12.9. The summed E-state index contributed by atoms with van der Waals surface area (Å²) in [5, 5.41) is 6.34. The van der Waals surface area contributed by atoms with Crippen molar-refractivity contribution in [2.24, 2.45) is 5.41 Å². The molecule has 1 amide bonds. The van der Waals surface area contributed by atoms with Crippen LogP contribution < -0.4 is 16.2 Å². The summed E-state index contributed by atoms with van der Waals surface area (Å²) >= 11 is 0. The Morgan fingerprint density at radius 2 is 2.24 bits per heavy atom. The number of anilines is 1. The average molecular weight is 291 g/mol. The second kappa shape index (κ2) is 6.89. The van der Waals surface area contributed by atoms with Crippen LogP contribution in [0.3, 0.4) is 0 Å². The first kappa shape index (κ1) is 15.8. The Labute approximate surface area is 125 Å². The summed E-state index contributed by atoms with van der Waals surface area (Å²) in [5.74, 6) is 0.0675. The van der Waals surface area contributed by atoms with Crippen LogP contribution in [0.1, 0.15) is 39.5 Å². The van der Waals surface area contributed by atoms with Gasteiger partial charge in [-0.2, -0.15) is 0 Å². The lowest BCUT2D eigenvalue weighted by molar-refractivity contribution is -0.127. The van der Waals surface area contributed by atoms with Gasteiger partial charge in [-0.3, -0.25) is 9.59 Å². The van der Waals surface area contributed by atoms with Crippen molar-refractivity contribution in [1.82, 2.24) is 9.88 Å². The molecule has 1 saturated heterocycles. The van der Waals surface area contributed by atoms with Crippen LogP contribution in [-0.2, 0) is 11.3 Å². The van der Waals surface area contributed by atoms with Crippen molar-refractivity contribution >= 4 is 11.6 Å². The number of nitrogens with one attached hydrogen (secondary N) is 2. The van der Waals surface area contributed by atoms with Crippen LogP contribution in [0, 0.1) is 5.41 Å². The van der Waals surface area contributed by atoms with E-state index in [0.29, 0.717) is 12.2 Å². The molecule has 2 rings (SSSR count). The fourth-order valence-corrected chi connectivity index (χ4v) is 3.08. The second-order valence-electron chi connectivity index (χ2n) is 5.81. The van der Waals surface area contributed by atoms with E-state index in [2.05, 4.69) is 17.6 Å². The summed E-state index contributed by atoms with van der Waals surface area (Å²) in [7, 11) is 0. The third-order valence-electron chi connectivity index (χ3n) is 4.26. The van der Waals surface area contributed by atoms with Crippen molar-refractivity contribution in [1.29, 1.82) is 0 Å². The smallest absolute Gasteiger partial charge is 0.250 e. The lowest BCUT2D eigenvalue weighted by Crippen LogP contribution is -2.48. The molecule has 2 N–H and O–H groups in total. The molecule has 5 heteroatoms. The van der Waals surface area contributed by atoms with Crippen molar-refractivity contribution in [2.75, 3.05) is 18.4 Å². The van der Waals surface area contributed by atoms with Crippen molar-refractivity contribution in [3.63, 3.8) is 0 Å². The Kier molecular flexibility index (Phi) is 5.17. The molecule has 0 radical (unpaired) electrons. The summed E-state index contributed by atoms with van der Waals surface area (Å²) < 4.78 is 1.60. The van der Waals surface area contributed by atoms with E-state index in [1.54, 1.807) is 16.8 Å². The molecule has 1 aromatic rings. The Hall–Kier alpha value is -1.62. The highest BCUT2D eigenvalue weighted by atomic mass is 16.2. The number of hydrogen-bond acceptors (Lipinski definition) is 3. The molecule has 1 aliphatic rings. The first-order valence-electron chi connectivity index (χ1n) is 7.84. The van der Waals surface area contributed by atoms with Gasteiger partial charge in [0.2, 0.25) is 5.91 Å². The maximum atomic E-state index is 12.7. The largest absolute Gasteiger partial charge is 0.324 e. The van der Waals surface area contributed by atoms with Crippen molar-refractivity contribution in [2.45, 2.75) is 46.1 Å². The Morgan fingerprint density at radius 3 is 2.86 bits per heavy atom. The standard InChI is InChI=1S/C16H25N3O2/c1-3-8-16(9-5-10-17-12-16)15(21)18-13-6-7-14(20)19(4-2)11-13/h6-7,11,17H,3-5,8-10,12H2,1-2H3,(H,18,21). The first-order chi connectivity index (χ1) is 10.1. The number of carbonyl (C=O) groups excluding carboxylic acids is 1. The molecule has 116 valence electrons. The molecule has 0 aliphatic carbocycles. The monoisotopic (exact) mass is 291 g/mol. The minimum absolute atomic E-state index is 0.0434. The summed E-state index contributed by atoms with van der Waals surface area (Å²) in [6.07, 6.45) is 5.55. The Balaban J connectivity index is 2.16. The summed E-state index contributed by atoms with van der Waals surface area (Å²) in [5.41, 5.74) is 0.334. The molecule has 1 aromatic heterocycles. The van der Waals surface area contributed by atoms with Crippen LogP contribution in [0.5, 0.6) is 0 Å². The molecule has 5 nitrogen and oxygen atoms in total. The molecule has 0 aromatic carbocycles. The molecule has 21 heavy (non-hydrogen) atoms. The molecule has 1 atom stereocenters. The van der Waals surface area contributed by atoms with E-state index in [4.69, 9.17) is 0 Å². The van der Waals surface area contributed by atoms with E-state index in [0.717, 1.165) is 38.8 Å². The highest BCUT2D eigenvalue weighted by Gasteiger charge is 2.38. The van der Waals surface area contributed by atoms with Gasteiger partial charge in [0.25, 0.3) is 5.56 Å². The van der Waals surface area contributed by atoms with Gasteiger partial charge in [-0.25, -0.2) is 0 Å². The van der Waals surface area contributed by atoms with Gasteiger partial charge >= 0.3 is 0 Å². The van der Waals surface area contributed by atoms with Crippen LogP contribution in [-0.4, -0.2) is 23.6 Å². The number of piperidine rings is 1. The van der Waals surface area contributed by atoms with Gasteiger partial charge in [-0.15, -0.1) is 0 Å². The normalized spacial score (nSPS) is 22.0. The van der Waals surface area contributed by atoms with E-state index < -0.39 is 0 Å². The number of aryl methyl sites for hydroxylation is 1. The third-order valence-corrected chi connectivity index (χ3v) is 4.26. The number of hydrogen-bond donors (Lipinski definition) is 2. The van der Waals surface area contributed by atoms with E-state index in [9.17, 15) is 9.59 Å². The van der Waals surface area contributed by atoms with Crippen LogP contribution in [0.4, 0.5) is 5.69 Å². The summed E-state index contributed by atoms with van der Waals surface area (Å²) in [6, 6.07) is 3.19. The minimum Gasteiger partial charge on any atom is -0.324 e. The fraction of sp³-hybridized carbons (Fsp3) is 0.625. The van der Waals surface area contributed by atoms with Crippen LogP contribution in [0.25, 0.3) is 0 Å². The van der Waals surface area contributed by atoms with Crippen molar-refractivity contribution in [3.8, 4) is 0 Å². The van der Waals surface area contributed by atoms with Crippen molar-refractivity contribution < 1.29 is 4.79 Å². The Bertz CT molecular complexity index is 539. The lowest BCUT2D eigenvalue weighted by atomic mass is 9.76. The molecular formula is C16H25N3O2. The molecule has 0 bridgehead atoms. The highest BCUT2D eigenvalue weighted by Crippen LogP contribution is 2.33. The van der Waals surface area contributed by atoms with Crippen LogP contribution in [0.15, 0.2) is 23.1 Å². The number of pyridine rings is 1. The predicted molar refractivity (Wildman–Crippen MR) is 84.5 cm³/mol. The molecule has 1 aliphatic heterocycles. The number of aromatic nitrogens is 1. The molecule has 0 saturated carbocycles. The van der Waals surface area contributed by atoms with E-state index in [1.807, 2.05) is 6.92 Å². The SMILES string of the molecule is CCCC1(C(=O)Nc2ccc(=O)n(CC)c2)CCCNC1. The van der Waals surface area contributed by atoms with E-state index in [-0.39, 0.29) is 16.9 Å². The quantitative estimate of drug-likeness (QED) is 0.872. The number of nitrogens with zero attached hydrogens (tertiary/aromatic N) is 1. The van der Waals surface area contributed by atoms with Crippen LogP contribution in [0.2, 0.25) is 0 Å². The highest BCUT2D eigenvalue weighted by molar-refractivity contribution is 5.95. The van der Waals surface area contributed by atoms with Gasteiger partial charge in [0.1, 0.15) is 0 Å². The maximum Gasteiger partial charge on any atom is 0.250 e. The van der Waals surface area contributed by atoms with Gasteiger partial charge < -0.3 is 15.2 Å². The predicted octanol–water partition coefficient (Wildman–Crippen LogP) is 1.98. The fourth-order valence-electron chi connectivity index (χ4n) is 3.08. The topological polar surface area (TPSA) is 63.1 Å². The molecule has 0 spiro atoms. The van der Waals surface area contributed by atoms with Gasteiger partial charge in [0.05, 0.1) is 11.1 Å². The van der Waals surface area contributed by atoms with E-state index in [1.165, 1.54) is 6.07 Å². The van der Waals surface area contributed by atoms with Gasteiger partial charge in [0.15, 0.2) is 0 Å². The van der Waals surface area contributed by atoms with Crippen molar-refractivity contribution in [3.05, 3.63) is 28.7 Å². The second-order valence-corrected chi connectivity index (χ2v) is 5.81. The summed E-state index contributed by atoms with van der Waals surface area (Å²) in [6.45, 7) is 6.35. The molecule has 2 heterocycles. The number of rotatable bonds is 5. The van der Waals surface area contributed by atoms with Gasteiger partial charge in [0, 0.05) is 25.4 Å². The minimum atomic E-state index is -0.319. The van der Waals surface area contributed by atoms with Gasteiger partial charge in [-0.1, -0.05) is 13.3 Å². The average Bonchev–Trinajstić information content (AvgIpc) is 2.50. The maximum absolute atomic E-state index is 12.7.